The molecule has 0 aliphatic carbocycles. The highest BCUT2D eigenvalue weighted by atomic mass is 35.5. The zero-order valence-corrected chi connectivity index (χ0v) is 15.9. The molecule has 3 saturated heterocycles. The van der Waals surface area contributed by atoms with E-state index in [0.29, 0.717) is 26.3 Å². The molecule has 2 aromatic carbocycles. The number of nitrogens with one attached hydrogen (secondary N) is 1. The lowest BCUT2D eigenvalue weighted by Gasteiger charge is -2.44. The van der Waals surface area contributed by atoms with Gasteiger partial charge in [0.2, 0.25) is 0 Å². The number of hydrogen-bond acceptors (Lipinski definition) is 3. The molecule has 3 heterocycles. The van der Waals surface area contributed by atoms with Gasteiger partial charge >= 0.3 is 0 Å². The number of hydrogen-bond donors (Lipinski definition) is 1. The van der Waals surface area contributed by atoms with E-state index >= 15 is 0 Å². The SMILES string of the molecule is O=C(N[C@H]1CN2CCC1CC2)c1ccc(S(=O)c2cccc(Cl)c2)cc1. The van der Waals surface area contributed by atoms with Crippen molar-refractivity contribution >= 4 is 28.3 Å². The molecule has 6 heteroatoms. The van der Waals surface area contributed by atoms with Gasteiger partial charge in [0.05, 0.1) is 10.8 Å². The van der Waals surface area contributed by atoms with Gasteiger partial charge in [-0.05, 0) is 74.3 Å². The zero-order valence-electron chi connectivity index (χ0n) is 14.4. The van der Waals surface area contributed by atoms with Crippen LogP contribution in [0.15, 0.2) is 58.3 Å². The summed E-state index contributed by atoms with van der Waals surface area (Å²) < 4.78 is 12.6. The number of rotatable bonds is 4. The average molecular weight is 389 g/mol. The second kappa shape index (κ2) is 7.51. The van der Waals surface area contributed by atoms with Crippen LogP contribution in [0.25, 0.3) is 0 Å². The molecule has 0 radical (unpaired) electrons. The third-order valence-corrected chi connectivity index (χ3v) is 6.93. The summed E-state index contributed by atoms with van der Waals surface area (Å²) in [6.07, 6.45) is 2.34. The molecule has 3 aliphatic rings. The number of nitrogens with zero attached hydrogens (tertiary/aromatic N) is 1. The largest absolute Gasteiger partial charge is 0.348 e. The molecule has 1 unspecified atom stereocenters. The third kappa shape index (κ3) is 3.70. The molecule has 2 aromatic rings. The van der Waals surface area contributed by atoms with Crippen LogP contribution in [0.4, 0.5) is 0 Å². The van der Waals surface area contributed by atoms with Crippen molar-refractivity contribution in [3.05, 3.63) is 59.1 Å². The van der Waals surface area contributed by atoms with Gasteiger partial charge < -0.3 is 10.2 Å². The van der Waals surface area contributed by atoms with Crippen LogP contribution in [0.5, 0.6) is 0 Å². The van der Waals surface area contributed by atoms with Gasteiger partial charge in [-0.2, -0.15) is 0 Å². The Bertz CT molecular complexity index is 832. The second-order valence-corrected chi connectivity index (χ2v) is 8.89. The first kappa shape index (κ1) is 17.7. The van der Waals surface area contributed by atoms with Crippen LogP contribution in [-0.4, -0.2) is 40.7 Å². The number of amides is 1. The molecular weight excluding hydrogens is 368 g/mol. The highest BCUT2D eigenvalue weighted by molar-refractivity contribution is 7.85. The predicted molar refractivity (Wildman–Crippen MR) is 103 cm³/mol. The van der Waals surface area contributed by atoms with E-state index in [1.54, 1.807) is 48.5 Å². The predicted octanol–water partition coefficient (Wildman–Crippen LogP) is 3.33. The molecule has 1 amide bonds. The van der Waals surface area contributed by atoms with Crippen LogP contribution in [0, 0.1) is 5.92 Å². The lowest BCUT2D eigenvalue weighted by atomic mass is 9.84. The monoisotopic (exact) mass is 388 g/mol. The molecule has 5 rings (SSSR count). The topological polar surface area (TPSA) is 49.4 Å². The fourth-order valence-corrected chi connectivity index (χ4v) is 5.18. The first-order chi connectivity index (χ1) is 12.6. The summed E-state index contributed by atoms with van der Waals surface area (Å²) in [5.74, 6) is 0.544. The molecule has 0 aromatic heterocycles. The fraction of sp³-hybridized carbons (Fsp3) is 0.350. The Morgan fingerprint density at radius 3 is 2.42 bits per heavy atom. The fourth-order valence-electron chi connectivity index (χ4n) is 3.83. The summed E-state index contributed by atoms with van der Waals surface area (Å²) in [4.78, 5) is 16.3. The number of carbonyl (C=O) groups is 1. The normalized spacial score (nSPS) is 25.7. The maximum atomic E-state index is 12.6. The quantitative estimate of drug-likeness (QED) is 0.873. The van der Waals surface area contributed by atoms with Gasteiger partial charge in [-0.15, -0.1) is 0 Å². The highest BCUT2D eigenvalue weighted by Crippen LogP contribution is 2.27. The van der Waals surface area contributed by atoms with Crippen LogP contribution in [0.3, 0.4) is 0 Å². The van der Waals surface area contributed by atoms with Crippen molar-refractivity contribution in [1.29, 1.82) is 0 Å². The molecule has 0 saturated carbocycles. The zero-order chi connectivity index (χ0) is 18.1. The average Bonchev–Trinajstić information content (AvgIpc) is 2.68. The van der Waals surface area contributed by atoms with E-state index in [4.69, 9.17) is 11.6 Å². The van der Waals surface area contributed by atoms with E-state index in [2.05, 4.69) is 10.2 Å². The van der Waals surface area contributed by atoms with Crippen molar-refractivity contribution in [3.63, 3.8) is 0 Å². The van der Waals surface area contributed by atoms with Crippen molar-refractivity contribution < 1.29 is 9.00 Å². The number of benzene rings is 2. The Labute approximate surface area is 161 Å². The summed E-state index contributed by atoms with van der Waals surface area (Å²) >= 11 is 5.97. The van der Waals surface area contributed by atoms with E-state index in [1.807, 2.05) is 0 Å². The van der Waals surface area contributed by atoms with Crippen LogP contribution >= 0.6 is 11.6 Å². The standard InChI is InChI=1S/C20H21ClN2O2S/c21-16-2-1-3-18(12-16)26(25)17-6-4-15(5-7-17)20(24)22-19-13-23-10-8-14(19)9-11-23/h1-7,12,14,19H,8-11,13H2,(H,22,24)/t19-,26?/m0/s1. The summed E-state index contributed by atoms with van der Waals surface area (Å²) in [5.41, 5.74) is 0.605. The Balaban J connectivity index is 1.44. The van der Waals surface area contributed by atoms with E-state index in [1.165, 1.54) is 12.8 Å². The molecule has 4 nitrogen and oxygen atoms in total. The number of fused-ring (bicyclic) bond motifs is 3. The van der Waals surface area contributed by atoms with Crippen molar-refractivity contribution in [1.82, 2.24) is 10.2 Å². The lowest BCUT2D eigenvalue weighted by Crippen LogP contribution is -2.57. The maximum absolute atomic E-state index is 12.6. The van der Waals surface area contributed by atoms with Crippen molar-refractivity contribution in [3.8, 4) is 0 Å². The molecule has 26 heavy (non-hydrogen) atoms. The van der Waals surface area contributed by atoms with Gasteiger partial charge in [-0.25, -0.2) is 4.21 Å². The van der Waals surface area contributed by atoms with Crippen molar-refractivity contribution in [2.45, 2.75) is 28.7 Å². The molecule has 2 atom stereocenters. The van der Waals surface area contributed by atoms with Gasteiger partial charge in [-0.1, -0.05) is 17.7 Å². The summed E-state index contributed by atoms with van der Waals surface area (Å²) in [5, 5.41) is 3.74. The van der Waals surface area contributed by atoms with Crippen molar-refractivity contribution in [2.75, 3.05) is 19.6 Å². The summed E-state index contributed by atoms with van der Waals surface area (Å²) in [6.45, 7) is 3.26. The maximum Gasteiger partial charge on any atom is 0.251 e. The third-order valence-electron chi connectivity index (χ3n) is 5.31. The minimum absolute atomic E-state index is 0.0520. The molecule has 2 bridgehead atoms. The molecule has 3 aliphatic heterocycles. The van der Waals surface area contributed by atoms with E-state index in [-0.39, 0.29) is 11.9 Å². The number of halogens is 1. The summed E-state index contributed by atoms with van der Waals surface area (Å²) in [7, 11) is -1.31. The first-order valence-electron chi connectivity index (χ1n) is 8.91. The van der Waals surface area contributed by atoms with Gasteiger partial charge in [-0.3, -0.25) is 4.79 Å². The Hall–Kier alpha value is -1.69. The van der Waals surface area contributed by atoms with Crippen LogP contribution in [0.1, 0.15) is 23.2 Å². The minimum atomic E-state index is -1.31. The van der Waals surface area contributed by atoms with Crippen LogP contribution in [-0.2, 0) is 10.8 Å². The summed E-state index contributed by atoms with van der Waals surface area (Å²) in [6, 6.07) is 14.3. The van der Waals surface area contributed by atoms with E-state index < -0.39 is 10.8 Å². The Morgan fingerprint density at radius 1 is 1.08 bits per heavy atom. The van der Waals surface area contributed by atoms with Gasteiger partial charge in [0.1, 0.15) is 0 Å². The van der Waals surface area contributed by atoms with Crippen molar-refractivity contribution in [2.24, 2.45) is 5.92 Å². The minimum Gasteiger partial charge on any atom is -0.348 e. The highest BCUT2D eigenvalue weighted by Gasteiger charge is 2.34. The molecular formula is C20H21ClN2O2S. The molecule has 1 N–H and O–H groups in total. The van der Waals surface area contributed by atoms with Gasteiger partial charge in [0.25, 0.3) is 5.91 Å². The van der Waals surface area contributed by atoms with Crippen LogP contribution in [0.2, 0.25) is 5.02 Å². The van der Waals surface area contributed by atoms with Crippen LogP contribution < -0.4 is 5.32 Å². The van der Waals surface area contributed by atoms with Gasteiger partial charge in [0, 0.05) is 33.0 Å². The smallest absolute Gasteiger partial charge is 0.251 e. The number of piperidine rings is 3. The molecule has 3 fully saturated rings. The second-order valence-electron chi connectivity index (χ2n) is 6.97. The Kier molecular flexibility index (Phi) is 5.11. The molecule has 136 valence electrons. The van der Waals surface area contributed by atoms with Gasteiger partial charge in [0.15, 0.2) is 0 Å². The lowest BCUT2D eigenvalue weighted by molar-refractivity contribution is 0.0620. The van der Waals surface area contributed by atoms with E-state index in [9.17, 15) is 9.00 Å². The first-order valence-corrected chi connectivity index (χ1v) is 10.4. The molecule has 0 spiro atoms. The Morgan fingerprint density at radius 2 is 1.81 bits per heavy atom. The van der Waals surface area contributed by atoms with E-state index in [0.717, 1.165) is 19.6 Å². The number of carbonyl (C=O) groups excluding carboxylic acids is 1.